The Bertz CT molecular complexity index is 1490. The SMILES string of the molecule is CC1CCN(Cc2ccc(C(=O)Nc3ccc(S(=O)(=O)Nc4cccc5ccccc45)cc3)cc2)CC1. The lowest BCUT2D eigenvalue weighted by Crippen LogP contribution is -2.32. The second kappa shape index (κ2) is 10.7. The minimum absolute atomic E-state index is 0.120. The van der Waals surface area contributed by atoms with Crippen LogP contribution in [0, 0.1) is 5.92 Å². The second-order valence-corrected chi connectivity index (χ2v) is 11.4. The Morgan fingerprint density at radius 3 is 2.27 bits per heavy atom. The number of hydrogen-bond donors (Lipinski definition) is 2. The first-order valence-electron chi connectivity index (χ1n) is 12.6. The second-order valence-electron chi connectivity index (χ2n) is 9.77. The highest BCUT2D eigenvalue weighted by Crippen LogP contribution is 2.26. The van der Waals surface area contributed by atoms with Gasteiger partial charge in [0.25, 0.3) is 15.9 Å². The zero-order valence-electron chi connectivity index (χ0n) is 20.9. The number of rotatable bonds is 7. The van der Waals surface area contributed by atoms with E-state index in [1.54, 1.807) is 18.2 Å². The van der Waals surface area contributed by atoms with Crippen LogP contribution in [0.5, 0.6) is 0 Å². The molecule has 0 spiro atoms. The molecule has 4 aromatic carbocycles. The van der Waals surface area contributed by atoms with Gasteiger partial charge in [-0.2, -0.15) is 0 Å². The van der Waals surface area contributed by atoms with Crippen LogP contribution >= 0.6 is 0 Å². The third-order valence-electron chi connectivity index (χ3n) is 6.96. The third-order valence-corrected chi connectivity index (χ3v) is 8.34. The number of nitrogens with one attached hydrogen (secondary N) is 2. The highest BCUT2D eigenvalue weighted by Gasteiger charge is 2.17. The Morgan fingerprint density at radius 1 is 0.865 bits per heavy atom. The number of fused-ring (bicyclic) bond motifs is 1. The minimum Gasteiger partial charge on any atom is -0.322 e. The number of carbonyl (C=O) groups is 1. The Kier molecular flexibility index (Phi) is 7.26. The van der Waals surface area contributed by atoms with Crippen molar-refractivity contribution in [3.05, 3.63) is 102 Å². The molecule has 37 heavy (non-hydrogen) atoms. The molecule has 1 amide bonds. The Labute approximate surface area is 218 Å². The smallest absolute Gasteiger partial charge is 0.261 e. The van der Waals surface area contributed by atoms with Gasteiger partial charge in [-0.3, -0.25) is 14.4 Å². The van der Waals surface area contributed by atoms with Gasteiger partial charge >= 0.3 is 0 Å². The first-order valence-corrected chi connectivity index (χ1v) is 14.1. The Balaban J connectivity index is 1.21. The van der Waals surface area contributed by atoms with Gasteiger partial charge in [-0.05, 0) is 85.3 Å². The van der Waals surface area contributed by atoms with Crippen LogP contribution in [0.1, 0.15) is 35.7 Å². The number of sulfonamides is 1. The van der Waals surface area contributed by atoms with Gasteiger partial charge in [-0.25, -0.2) is 8.42 Å². The number of amides is 1. The Hall–Kier alpha value is -3.68. The summed E-state index contributed by atoms with van der Waals surface area (Å²) in [7, 11) is -3.79. The summed E-state index contributed by atoms with van der Waals surface area (Å²) in [6.45, 7) is 5.44. The summed E-state index contributed by atoms with van der Waals surface area (Å²) in [5, 5.41) is 4.63. The van der Waals surface area contributed by atoms with Crippen LogP contribution in [0.3, 0.4) is 0 Å². The molecule has 7 heteroatoms. The molecule has 2 N–H and O–H groups in total. The molecule has 1 fully saturated rings. The van der Waals surface area contributed by atoms with Crippen LogP contribution in [0.25, 0.3) is 10.8 Å². The predicted octanol–water partition coefficient (Wildman–Crippen LogP) is 6.12. The number of benzene rings is 4. The predicted molar refractivity (Wildman–Crippen MR) is 149 cm³/mol. The molecule has 1 aliphatic rings. The maximum Gasteiger partial charge on any atom is 0.261 e. The molecule has 0 unspecified atom stereocenters. The molecule has 0 saturated carbocycles. The van der Waals surface area contributed by atoms with Gasteiger partial charge in [0, 0.05) is 23.2 Å². The van der Waals surface area contributed by atoms with Crippen LogP contribution in [-0.4, -0.2) is 32.3 Å². The van der Waals surface area contributed by atoms with Gasteiger partial charge in [-0.1, -0.05) is 55.5 Å². The van der Waals surface area contributed by atoms with E-state index in [0.29, 0.717) is 16.9 Å². The van der Waals surface area contributed by atoms with Crippen LogP contribution < -0.4 is 10.0 Å². The van der Waals surface area contributed by atoms with Crippen molar-refractivity contribution < 1.29 is 13.2 Å². The Morgan fingerprint density at radius 2 is 1.54 bits per heavy atom. The van der Waals surface area contributed by atoms with Gasteiger partial charge in [0.1, 0.15) is 0 Å². The van der Waals surface area contributed by atoms with E-state index in [1.807, 2.05) is 60.7 Å². The highest BCUT2D eigenvalue weighted by atomic mass is 32.2. The van der Waals surface area contributed by atoms with Crippen molar-refractivity contribution in [3.63, 3.8) is 0 Å². The molecule has 0 atom stereocenters. The number of piperidine rings is 1. The van der Waals surface area contributed by atoms with Crippen molar-refractivity contribution in [1.82, 2.24) is 4.90 Å². The summed E-state index contributed by atoms with van der Waals surface area (Å²) >= 11 is 0. The van der Waals surface area contributed by atoms with Gasteiger partial charge in [0.2, 0.25) is 0 Å². The van der Waals surface area contributed by atoms with Gasteiger partial charge in [0.05, 0.1) is 10.6 Å². The molecule has 0 aromatic heterocycles. The summed E-state index contributed by atoms with van der Waals surface area (Å²) in [4.78, 5) is 15.3. The molecule has 0 bridgehead atoms. The summed E-state index contributed by atoms with van der Waals surface area (Å²) in [5.41, 5.74) is 2.80. The average Bonchev–Trinajstić information content (AvgIpc) is 2.91. The zero-order valence-corrected chi connectivity index (χ0v) is 21.7. The summed E-state index contributed by atoms with van der Waals surface area (Å²) in [6, 6.07) is 27.0. The van der Waals surface area contributed by atoms with Crippen molar-refractivity contribution >= 4 is 38.1 Å². The van der Waals surface area contributed by atoms with E-state index in [9.17, 15) is 13.2 Å². The van der Waals surface area contributed by atoms with Crippen LogP contribution in [-0.2, 0) is 16.6 Å². The highest BCUT2D eigenvalue weighted by molar-refractivity contribution is 7.92. The molecule has 0 aliphatic carbocycles. The number of nitrogens with zero attached hydrogens (tertiary/aromatic N) is 1. The van der Waals surface area contributed by atoms with E-state index < -0.39 is 10.0 Å². The zero-order chi connectivity index (χ0) is 25.8. The fourth-order valence-corrected chi connectivity index (χ4v) is 5.76. The topological polar surface area (TPSA) is 78.5 Å². The molecular weight excluding hydrogens is 482 g/mol. The lowest BCUT2D eigenvalue weighted by molar-refractivity contribution is 0.102. The summed E-state index contributed by atoms with van der Waals surface area (Å²) in [5.74, 6) is 0.569. The maximum absolute atomic E-state index is 13.0. The van der Waals surface area contributed by atoms with Gasteiger partial charge in [-0.15, -0.1) is 0 Å². The first-order chi connectivity index (χ1) is 17.9. The van der Waals surface area contributed by atoms with Crippen LogP contribution in [0.15, 0.2) is 95.9 Å². The molecule has 1 aliphatic heterocycles. The van der Waals surface area contributed by atoms with Crippen molar-refractivity contribution in [2.24, 2.45) is 5.92 Å². The summed E-state index contributed by atoms with van der Waals surface area (Å²) < 4.78 is 28.7. The molecular formula is C30H31N3O3S. The van der Waals surface area contributed by atoms with Crippen molar-refractivity contribution in [2.75, 3.05) is 23.1 Å². The monoisotopic (exact) mass is 513 g/mol. The molecule has 5 rings (SSSR count). The van der Waals surface area contributed by atoms with Crippen LogP contribution in [0.4, 0.5) is 11.4 Å². The fourth-order valence-electron chi connectivity index (χ4n) is 4.68. The van der Waals surface area contributed by atoms with E-state index in [4.69, 9.17) is 0 Å². The van der Waals surface area contributed by atoms with E-state index in [-0.39, 0.29) is 10.8 Å². The largest absolute Gasteiger partial charge is 0.322 e. The lowest BCUT2D eigenvalue weighted by atomic mass is 9.99. The van der Waals surface area contributed by atoms with Crippen molar-refractivity contribution in [3.8, 4) is 0 Å². The minimum atomic E-state index is -3.79. The first kappa shape index (κ1) is 25.0. The molecule has 6 nitrogen and oxygen atoms in total. The third kappa shape index (κ3) is 6.01. The van der Waals surface area contributed by atoms with Crippen LogP contribution in [0.2, 0.25) is 0 Å². The molecule has 0 radical (unpaired) electrons. The van der Waals surface area contributed by atoms with Gasteiger partial charge < -0.3 is 5.32 Å². The number of anilines is 2. The number of hydrogen-bond acceptors (Lipinski definition) is 4. The quantitative estimate of drug-likeness (QED) is 0.312. The standard InChI is InChI=1S/C30H31N3O3S/c1-22-17-19-33(20-18-22)21-23-9-11-25(12-10-23)30(34)31-26-13-15-27(16-14-26)37(35,36)32-29-8-4-6-24-5-2-3-7-28(24)29/h2-16,22,32H,17-21H2,1H3,(H,31,34). The van der Waals surface area contributed by atoms with E-state index in [1.165, 1.54) is 30.5 Å². The average molecular weight is 514 g/mol. The molecule has 190 valence electrons. The lowest BCUT2D eigenvalue weighted by Gasteiger charge is -2.30. The molecule has 1 saturated heterocycles. The van der Waals surface area contributed by atoms with E-state index in [2.05, 4.69) is 21.9 Å². The summed E-state index contributed by atoms with van der Waals surface area (Å²) in [6.07, 6.45) is 2.47. The maximum atomic E-state index is 13.0. The molecule has 4 aromatic rings. The molecule has 1 heterocycles. The van der Waals surface area contributed by atoms with Crippen molar-refractivity contribution in [1.29, 1.82) is 0 Å². The normalized spacial score (nSPS) is 14.9. The fraction of sp³-hybridized carbons (Fsp3) is 0.233. The van der Waals surface area contributed by atoms with Gasteiger partial charge in [0.15, 0.2) is 0 Å². The van der Waals surface area contributed by atoms with Crippen molar-refractivity contribution in [2.45, 2.75) is 31.2 Å². The van der Waals surface area contributed by atoms with E-state index >= 15 is 0 Å². The number of carbonyl (C=O) groups excluding carboxylic acids is 1. The van der Waals surface area contributed by atoms with E-state index in [0.717, 1.165) is 36.3 Å². The number of likely N-dealkylation sites (tertiary alicyclic amines) is 1.